The number of anilines is 1. The van der Waals surface area contributed by atoms with Gasteiger partial charge < -0.3 is 20.1 Å². The molecule has 0 saturated carbocycles. The van der Waals surface area contributed by atoms with Crippen molar-refractivity contribution < 1.29 is 14.6 Å². The van der Waals surface area contributed by atoms with Crippen molar-refractivity contribution in [2.24, 2.45) is 0 Å². The van der Waals surface area contributed by atoms with E-state index in [1.807, 2.05) is 4.90 Å². The zero-order chi connectivity index (χ0) is 23.5. The predicted molar refractivity (Wildman–Crippen MR) is 120 cm³/mol. The quantitative estimate of drug-likeness (QED) is 0.720. The van der Waals surface area contributed by atoms with Crippen LogP contribution >= 0.6 is 11.6 Å². The van der Waals surface area contributed by atoms with Crippen molar-refractivity contribution in [1.82, 2.24) is 14.9 Å². The molecule has 1 saturated heterocycles. The fourth-order valence-corrected chi connectivity index (χ4v) is 3.79. The SMILES string of the molecule is CC(C)(C)OC(=O)N[C@@H]1CCCN(c2ncc(O)c(=O)n2Cc2cc(Cl)ccc2C#N)C1. The number of aromatic hydroxyl groups is 1. The Labute approximate surface area is 191 Å². The molecule has 0 unspecified atom stereocenters. The summed E-state index contributed by atoms with van der Waals surface area (Å²) < 4.78 is 6.66. The summed E-state index contributed by atoms with van der Waals surface area (Å²) in [6.45, 7) is 6.43. The van der Waals surface area contributed by atoms with Crippen LogP contribution < -0.4 is 15.8 Å². The first-order chi connectivity index (χ1) is 15.1. The Hall–Kier alpha value is -3.25. The fraction of sp³-hybridized carbons (Fsp3) is 0.455. The largest absolute Gasteiger partial charge is 0.502 e. The molecule has 10 heteroatoms. The van der Waals surface area contributed by atoms with Crippen molar-refractivity contribution in [3.05, 3.63) is 50.9 Å². The second kappa shape index (κ2) is 9.49. The van der Waals surface area contributed by atoms with Gasteiger partial charge in [0.05, 0.1) is 24.4 Å². The summed E-state index contributed by atoms with van der Waals surface area (Å²) in [6.07, 6.45) is 2.13. The van der Waals surface area contributed by atoms with Crippen LogP contribution in [0, 0.1) is 11.3 Å². The number of ether oxygens (including phenoxy) is 1. The fourth-order valence-electron chi connectivity index (χ4n) is 3.59. The average Bonchev–Trinajstić information content (AvgIpc) is 2.70. The van der Waals surface area contributed by atoms with Crippen molar-refractivity contribution in [2.45, 2.75) is 51.8 Å². The van der Waals surface area contributed by atoms with Gasteiger partial charge in [0, 0.05) is 24.2 Å². The van der Waals surface area contributed by atoms with Gasteiger partial charge in [-0.25, -0.2) is 9.78 Å². The molecule has 0 bridgehead atoms. The second-order valence-electron chi connectivity index (χ2n) is 8.68. The molecular weight excluding hydrogens is 434 g/mol. The molecule has 2 N–H and O–H groups in total. The van der Waals surface area contributed by atoms with E-state index in [4.69, 9.17) is 16.3 Å². The summed E-state index contributed by atoms with van der Waals surface area (Å²) in [4.78, 5) is 31.1. The number of carbonyl (C=O) groups excluding carboxylic acids is 1. The number of nitriles is 1. The summed E-state index contributed by atoms with van der Waals surface area (Å²) in [7, 11) is 0. The minimum absolute atomic E-state index is 0.0136. The van der Waals surface area contributed by atoms with Crippen LogP contribution in [-0.2, 0) is 11.3 Å². The monoisotopic (exact) mass is 459 g/mol. The van der Waals surface area contributed by atoms with Crippen LogP contribution in [0.5, 0.6) is 5.75 Å². The lowest BCUT2D eigenvalue weighted by Crippen LogP contribution is -2.50. The minimum Gasteiger partial charge on any atom is -0.502 e. The first-order valence-electron chi connectivity index (χ1n) is 10.3. The number of rotatable bonds is 4. The summed E-state index contributed by atoms with van der Waals surface area (Å²) in [6, 6.07) is 6.70. The first-order valence-corrected chi connectivity index (χ1v) is 10.7. The Bertz CT molecular complexity index is 1100. The topological polar surface area (TPSA) is 120 Å². The highest BCUT2D eigenvalue weighted by Crippen LogP contribution is 2.22. The number of amides is 1. The molecule has 1 amide bonds. The van der Waals surface area contributed by atoms with E-state index in [0.29, 0.717) is 35.2 Å². The number of hydrogen-bond acceptors (Lipinski definition) is 7. The van der Waals surface area contributed by atoms with Gasteiger partial charge in [0.25, 0.3) is 5.56 Å². The number of piperidine rings is 1. The summed E-state index contributed by atoms with van der Waals surface area (Å²) in [5, 5.41) is 22.7. The molecule has 9 nitrogen and oxygen atoms in total. The number of alkyl carbamates (subject to hydrolysis) is 1. The number of nitrogens with zero attached hydrogens (tertiary/aromatic N) is 4. The van der Waals surface area contributed by atoms with E-state index in [1.165, 1.54) is 4.57 Å². The maximum Gasteiger partial charge on any atom is 0.407 e. The lowest BCUT2D eigenvalue weighted by Gasteiger charge is -2.35. The first kappa shape index (κ1) is 23.4. The van der Waals surface area contributed by atoms with Crippen LogP contribution in [-0.4, -0.2) is 45.5 Å². The third-order valence-electron chi connectivity index (χ3n) is 4.95. The Balaban J connectivity index is 1.88. The van der Waals surface area contributed by atoms with Crippen LogP contribution in [0.1, 0.15) is 44.7 Å². The smallest absolute Gasteiger partial charge is 0.407 e. The van der Waals surface area contributed by atoms with Gasteiger partial charge >= 0.3 is 6.09 Å². The summed E-state index contributed by atoms with van der Waals surface area (Å²) in [5.74, 6) is -0.151. The van der Waals surface area contributed by atoms with Gasteiger partial charge in [-0.3, -0.25) is 9.36 Å². The van der Waals surface area contributed by atoms with E-state index >= 15 is 0 Å². The highest BCUT2D eigenvalue weighted by atomic mass is 35.5. The molecule has 170 valence electrons. The van der Waals surface area contributed by atoms with Crippen LogP contribution in [0.25, 0.3) is 0 Å². The molecule has 0 aliphatic carbocycles. The van der Waals surface area contributed by atoms with Crippen molar-refractivity contribution in [3.8, 4) is 11.8 Å². The van der Waals surface area contributed by atoms with Crippen LogP contribution in [0.4, 0.5) is 10.7 Å². The normalized spacial score (nSPS) is 16.3. The third kappa shape index (κ3) is 5.71. The van der Waals surface area contributed by atoms with E-state index < -0.39 is 23.0 Å². The molecule has 1 fully saturated rings. The van der Waals surface area contributed by atoms with Gasteiger partial charge in [0.1, 0.15) is 5.60 Å². The molecule has 1 aromatic heterocycles. The molecule has 2 aromatic rings. The number of hydrogen-bond donors (Lipinski definition) is 2. The molecule has 3 rings (SSSR count). The molecule has 32 heavy (non-hydrogen) atoms. The minimum atomic E-state index is -0.624. The highest BCUT2D eigenvalue weighted by Gasteiger charge is 2.27. The molecule has 0 radical (unpaired) electrons. The van der Waals surface area contributed by atoms with Crippen LogP contribution in [0.2, 0.25) is 5.02 Å². The molecule has 1 aliphatic heterocycles. The number of nitrogens with one attached hydrogen (secondary N) is 1. The van der Waals surface area contributed by atoms with E-state index in [2.05, 4.69) is 16.4 Å². The Morgan fingerprint density at radius 1 is 1.44 bits per heavy atom. The number of halogens is 1. The molecular formula is C22H26ClN5O4. The molecule has 0 spiro atoms. The van der Waals surface area contributed by atoms with Gasteiger partial charge in [0.2, 0.25) is 11.7 Å². The Kier molecular flexibility index (Phi) is 6.94. The Morgan fingerprint density at radius 3 is 2.88 bits per heavy atom. The van der Waals surface area contributed by atoms with E-state index in [1.54, 1.807) is 39.0 Å². The van der Waals surface area contributed by atoms with Gasteiger partial charge in [0.15, 0.2) is 0 Å². The van der Waals surface area contributed by atoms with Crippen molar-refractivity contribution in [2.75, 3.05) is 18.0 Å². The van der Waals surface area contributed by atoms with Crippen molar-refractivity contribution in [3.63, 3.8) is 0 Å². The maximum absolute atomic E-state index is 12.8. The number of benzene rings is 1. The maximum atomic E-state index is 12.8. The summed E-state index contributed by atoms with van der Waals surface area (Å²) in [5.41, 5.74) is -0.316. The second-order valence-corrected chi connectivity index (χ2v) is 9.12. The highest BCUT2D eigenvalue weighted by molar-refractivity contribution is 6.30. The lowest BCUT2D eigenvalue weighted by atomic mass is 10.1. The van der Waals surface area contributed by atoms with Gasteiger partial charge in [-0.15, -0.1) is 0 Å². The molecule has 1 aromatic carbocycles. The van der Waals surface area contributed by atoms with Gasteiger partial charge in [-0.05, 0) is 57.4 Å². The van der Waals surface area contributed by atoms with E-state index in [-0.39, 0.29) is 12.6 Å². The molecule has 1 aliphatic rings. The average molecular weight is 460 g/mol. The zero-order valence-electron chi connectivity index (χ0n) is 18.3. The van der Waals surface area contributed by atoms with Gasteiger partial charge in [-0.2, -0.15) is 5.26 Å². The van der Waals surface area contributed by atoms with E-state index in [0.717, 1.165) is 19.0 Å². The van der Waals surface area contributed by atoms with Crippen molar-refractivity contribution in [1.29, 1.82) is 5.26 Å². The predicted octanol–water partition coefficient (Wildman–Crippen LogP) is 3.02. The van der Waals surface area contributed by atoms with Crippen LogP contribution in [0.3, 0.4) is 0 Å². The third-order valence-corrected chi connectivity index (χ3v) is 5.18. The molecule has 2 heterocycles. The van der Waals surface area contributed by atoms with E-state index in [9.17, 15) is 20.0 Å². The number of carbonyl (C=O) groups is 1. The Morgan fingerprint density at radius 2 is 2.19 bits per heavy atom. The number of aromatic nitrogens is 2. The lowest BCUT2D eigenvalue weighted by molar-refractivity contribution is 0.0499. The van der Waals surface area contributed by atoms with Crippen molar-refractivity contribution >= 4 is 23.6 Å². The standard InChI is InChI=1S/C22H26ClN5O4/c1-22(2,3)32-21(31)26-17-5-4-8-27(13-17)20-25-11-18(29)19(30)28(20)12-15-9-16(23)7-6-14(15)10-24/h6-7,9,11,17,29H,4-5,8,12-13H2,1-3H3,(H,26,31)/t17-/m1/s1. The summed E-state index contributed by atoms with van der Waals surface area (Å²) >= 11 is 6.09. The van der Waals surface area contributed by atoms with Crippen LogP contribution in [0.15, 0.2) is 29.2 Å². The van der Waals surface area contributed by atoms with Gasteiger partial charge in [-0.1, -0.05) is 11.6 Å². The zero-order valence-corrected chi connectivity index (χ0v) is 19.0. The molecule has 1 atom stereocenters.